The highest BCUT2D eigenvalue weighted by molar-refractivity contribution is 6.31. The molecule has 202 valence electrons. The highest BCUT2D eigenvalue weighted by Crippen LogP contribution is 2.37. The van der Waals surface area contributed by atoms with E-state index in [1.54, 1.807) is 37.3 Å². The maximum Gasteiger partial charge on any atom is 0.248 e. The lowest BCUT2D eigenvalue weighted by Gasteiger charge is -2.36. The van der Waals surface area contributed by atoms with E-state index in [-0.39, 0.29) is 30.5 Å². The van der Waals surface area contributed by atoms with E-state index in [2.05, 4.69) is 15.8 Å². The Hall–Kier alpha value is -3.65. The number of carbonyl (C=O) groups is 3. The van der Waals surface area contributed by atoms with Crippen molar-refractivity contribution in [3.8, 4) is 0 Å². The fourth-order valence-corrected chi connectivity index (χ4v) is 4.69. The minimum atomic E-state index is -1.06. The van der Waals surface area contributed by atoms with Gasteiger partial charge in [-0.1, -0.05) is 52.7 Å². The zero-order chi connectivity index (χ0) is 28.2. The number of hydrogen-bond donors (Lipinski definition) is 2. The Labute approximate surface area is 228 Å². The molecule has 38 heavy (non-hydrogen) atoms. The highest BCUT2D eigenvalue weighted by atomic mass is 35.5. The fraction of sp³-hybridized carbons (Fsp3) is 0.379. The molecular weight excluding hydrogens is 504 g/mol. The molecular formula is C29H35ClN4O4. The molecule has 1 unspecified atom stereocenters. The lowest BCUT2D eigenvalue weighted by atomic mass is 9.97. The third-order valence-corrected chi connectivity index (χ3v) is 6.16. The van der Waals surface area contributed by atoms with Gasteiger partial charge in [0, 0.05) is 35.0 Å². The van der Waals surface area contributed by atoms with Crippen LogP contribution in [0.25, 0.3) is 0 Å². The molecule has 0 radical (unpaired) electrons. The standard InChI is InChI=1S/C29H35ClN4O4/c1-17-14-18(2)26(19(3)15-17)34(25(36)13-12-24(35)31-23-16-20(4)38-33-23)27(28(37)32-29(5,6)7)21-10-8-9-11-22(21)30/h8-11,14-16,27H,12-13H2,1-7H3,(H,32,37)(H,31,33,35). The topological polar surface area (TPSA) is 105 Å². The van der Waals surface area contributed by atoms with Crippen molar-refractivity contribution in [3.05, 3.63) is 75.5 Å². The lowest BCUT2D eigenvalue weighted by molar-refractivity contribution is -0.128. The number of hydrogen-bond acceptors (Lipinski definition) is 5. The van der Waals surface area contributed by atoms with Gasteiger partial charge in [0.2, 0.25) is 17.7 Å². The second-order valence-electron chi connectivity index (χ2n) is 10.5. The first-order chi connectivity index (χ1) is 17.8. The second-order valence-corrected chi connectivity index (χ2v) is 11.0. The molecule has 3 aromatic rings. The monoisotopic (exact) mass is 538 g/mol. The van der Waals surface area contributed by atoms with Gasteiger partial charge >= 0.3 is 0 Å². The Bertz CT molecular complexity index is 1320. The van der Waals surface area contributed by atoms with Crippen molar-refractivity contribution in [2.45, 2.75) is 72.9 Å². The average Bonchev–Trinajstić information content (AvgIpc) is 3.20. The molecule has 8 nitrogen and oxygen atoms in total. The molecule has 3 amide bonds. The molecule has 0 aliphatic carbocycles. The second kappa shape index (κ2) is 11.8. The highest BCUT2D eigenvalue weighted by Gasteiger charge is 2.37. The third kappa shape index (κ3) is 7.22. The van der Waals surface area contributed by atoms with Crippen LogP contribution in [-0.4, -0.2) is 28.4 Å². The summed E-state index contributed by atoms with van der Waals surface area (Å²) in [7, 11) is 0. The number of nitrogens with one attached hydrogen (secondary N) is 2. The first-order valence-electron chi connectivity index (χ1n) is 12.5. The van der Waals surface area contributed by atoms with Crippen molar-refractivity contribution in [3.63, 3.8) is 0 Å². The Morgan fingerprint density at radius 3 is 2.18 bits per heavy atom. The van der Waals surface area contributed by atoms with Crippen LogP contribution in [0, 0.1) is 27.7 Å². The number of aryl methyl sites for hydroxylation is 4. The number of nitrogens with zero attached hydrogens (tertiary/aromatic N) is 2. The van der Waals surface area contributed by atoms with Crippen LogP contribution in [-0.2, 0) is 14.4 Å². The summed E-state index contributed by atoms with van der Waals surface area (Å²) in [5.74, 6) is -0.320. The number of halogens is 1. The molecule has 1 aromatic heterocycles. The van der Waals surface area contributed by atoms with Gasteiger partial charge in [-0.15, -0.1) is 0 Å². The maximum atomic E-state index is 14.0. The van der Waals surface area contributed by atoms with Gasteiger partial charge in [0.25, 0.3) is 0 Å². The minimum absolute atomic E-state index is 0.110. The average molecular weight is 539 g/mol. The number of anilines is 2. The van der Waals surface area contributed by atoms with Gasteiger partial charge in [-0.3, -0.25) is 19.3 Å². The Morgan fingerprint density at radius 2 is 1.63 bits per heavy atom. The smallest absolute Gasteiger partial charge is 0.248 e. The maximum absolute atomic E-state index is 14.0. The van der Waals surface area contributed by atoms with Gasteiger partial charge in [-0.05, 0) is 65.7 Å². The van der Waals surface area contributed by atoms with Crippen molar-refractivity contribution in [1.82, 2.24) is 10.5 Å². The summed E-state index contributed by atoms with van der Waals surface area (Å²) in [5.41, 5.74) is 3.25. The van der Waals surface area contributed by atoms with Crippen LogP contribution in [0.15, 0.2) is 47.0 Å². The molecule has 0 saturated heterocycles. The quantitative estimate of drug-likeness (QED) is 0.367. The van der Waals surface area contributed by atoms with Crippen LogP contribution in [0.1, 0.15) is 67.7 Å². The van der Waals surface area contributed by atoms with Gasteiger partial charge in [0.1, 0.15) is 11.8 Å². The summed E-state index contributed by atoms with van der Waals surface area (Å²) >= 11 is 6.60. The first-order valence-corrected chi connectivity index (χ1v) is 12.8. The first kappa shape index (κ1) is 28.9. The molecule has 0 saturated carbocycles. The Kier molecular flexibility index (Phi) is 8.99. The van der Waals surface area contributed by atoms with Crippen molar-refractivity contribution in [1.29, 1.82) is 0 Å². The normalized spacial score (nSPS) is 12.1. The Balaban J connectivity index is 2.06. The number of aromatic nitrogens is 1. The van der Waals surface area contributed by atoms with E-state index in [0.717, 1.165) is 16.7 Å². The summed E-state index contributed by atoms with van der Waals surface area (Å²) in [4.78, 5) is 41.9. The summed E-state index contributed by atoms with van der Waals surface area (Å²) in [6.45, 7) is 13.1. The predicted molar refractivity (Wildman–Crippen MR) is 149 cm³/mol. The molecule has 1 atom stereocenters. The number of amides is 3. The molecule has 0 fully saturated rings. The van der Waals surface area contributed by atoms with Gasteiger partial charge < -0.3 is 15.2 Å². The van der Waals surface area contributed by atoms with Gasteiger partial charge in [0.15, 0.2) is 5.82 Å². The molecule has 0 spiro atoms. The molecule has 0 aliphatic rings. The van der Waals surface area contributed by atoms with E-state index in [1.807, 2.05) is 53.7 Å². The van der Waals surface area contributed by atoms with Crippen molar-refractivity contribution < 1.29 is 18.9 Å². The van der Waals surface area contributed by atoms with Crippen LogP contribution >= 0.6 is 11.6 Å². The van der Waals surface area contributed by atoms with Gasteiger partial charge in [-0.2, -0.15) is 0 Å². The van der Waals surface area contributed by atoms with E-state index in [4.69, 9.17) is 16.1 Å². The summed E-state index contributed by atoms with van der Waals surface area (Å²) in [6, 6.07) is 11.5. The molecule has 0 aliphatic heterocycles. The SMILES string of the molecule is Cc1cc(C)c(N(C(=O)CCC(=O)Nc2cc(C)on2)C(C(=O)NC(C)(C)C)c2ccccc2Cl)c(C)c1. The van der Waals surface area contributed by atoms with Gasteiger partial charge in [0.05, 0.1) is 5.69 Å². The molecule has 3 rings (SSSR count). The lowest BCUT2D eigenvalue weighted by Crippen LogP contribution is -2.50. The van der Waals surface area contributed by atoms with Crippen LogP contribution < -0.4 is 15.5 Å². The molecule has 1 heterocycles. The zero-order valence-corrected chi connectivity index (χ0v) is 23.7. The Morgan fingerprint density at radius 1 is 1.00 bits per heavy atom. The molecule has 2 N–H and O–H groups in total. The van der Waals surface area contributed by atoms with Crippen LogP contribution in [0.3, 0.4) is 0 Å². The van der Waals surface area contributed by atoms with E-state index >= 15 is 0 Å². The van der Waals surface area contributed by atoms with Crippen molar-refractivity contribution in [2.24, 2.45) is 0 Å². The molecule has 0 bridgehead atoms. The summed E-state index contributed by atoms with van der Waals surface area (Å²) in [5, 5.41) is 9.77. The van der Waals surface area contributed by atoms with E-state index in [1.165, 1.54) is 4.90 Å². The van der Waals surface area contributed by atoms with Crippen molar-refractivity contribution in [2.75, 3.05) is 10.2 Å². The van der Waals surface area contributed by atoms with Crippen LogP contribution in [0.2, 0.25) is 5.02 Å². The summed E-state index contributed by atoms with van der Waals surface area (Å²) in [6.07, 6.45) is -0.250. The van der Waals surface area contributed by atoms with E-state index in [9.17, 15) is 14.4 Å². The van der Waals surface area contributed by atoms with Crippen LogP contribution in [0.5, 0.6) is 0 Å². The molecule has 9 heteroatoms. The van der Waals surface area contributed by atoms with E-state index < -0.39 is 17.5 Å². The van der Waals surface area contributed by atoms with Crippen LogP contribution in [0.4, 0.5) is 11.5 Å². The van der Waals surface area contributed by atoms with Gasteiger partial charge in [-0.25, -0.2) is 0 Å². The number of rotatable bonds is 8. The number of benzene rings is 2. The van der Waals surface area contributed by atoms with Crippen molar-refractivity contribution >= 4 is 40.8 Å². The summed E-state index contributed by atoms with van der Waals surface area (Å²) < 4.78 is 4.98. The predicted octanol–water partition coefficient (Wildman–Crippen LogP) is 5.97. The third-order valence-electron chi connectivity index (χ3n) is 5.81. The minimum Gasteiger partial charge on any atom is -0.360 e. The van der Waals surface area contributed by atoms with E-state index in [0.29, 0.717) is 22.0 Å². The number of carbonyl (C=O) groups excluding carboxylic acids is 3. The largest absolute Gasteiger partial charge is 0.360 e. The zero-order valence-electron chi connectivity index (χ0n) is 22.9. The fourth-order valence-electron chi connectivity index (χ4n) is 4.45. The molecule has 2 aromatic carbocycles.